The normalized spacial score (nSPS) is 23.7. The van der Waals surface area contributed by atoms with Crippen molar-refractivity contribution in [3.63, 3.8) is 0 Å². The van der Waals surface area contributed by atoms with Crippen LogP contribution in [0.2, 0.25) is 0 Å². The number of ether oxygens (including phenoxy) is 2. The highest BCUT2D eigenvalue weighted by molar-refractivity contribution is 5.93. The molecule has 2 heterocycles. The van der Waals surface area contributed by atoms with Crippen molar-refractivity contribution in [2.24, 2.45) is 5.92 Å². The van der Waals surface area contributed by atoms with Crippen LogP contribution in [0.4, 0.5) is 0 Å². The molecule has 2 aliphatic heterocycles. The van der Waals surface area contributed by atoms with Crippen LogP contribution in [0.3, 0.4) is 0 Å². The van der Waals surface area contributed by atoms with Crippen molar-refractivity contribution in [3.8, 4) is 11.5 Å². The Labute approximate surface area is 213 Å². The number of amides is 1. The Morgan fingerprint density at radius 1 is 1.06 bits per heavy atom. The lowest BCUT2D eigenvalue weighted by atomic mass is 9.66. The van der Waals surface area contributed by atoms with Crippen LogP contribution >= 0.6 is 0 Å². The number of hydrogen-bond acceptors (Lipinski definition) is 3. The van der Waals surface area contributed by atoms with Crippen LogP contribution in [0.5, 0.6) is 11.5 Å². The summed E-state index contributed by atoms with van der Waals surface area (Å²) >= 11 is 0. The first-order valence-corrected chi connectivity index (χ1v) is 14.2. The Balaban J connectivity index is 1.65. The topological polar surface area (TPSA) is 47.6 Å². The summed E-state index contributed by atoms with van der Waals surface area (Å²) in [6.45, 7) is 12.8. The first-order valence-electron chi connectivity index (χ1n) is 14.2. The summed E-state index contributed by atoms with van der Waals surface area (Å²) in [5, 5.41) is 3.12. The van der Waals surface area contributed by atoms with Crippen molar-refractivity contribution >= 4 is 5.91 Å². The lowest BCUT2D eigenvalue weighted by Crippen LogP contribution is -2.46. The third-order valence-corrected chi connectivity index (χ3v) is 8.63. The average molecular weight is 482 g/mol. The van der Waals surface area contributed by atoms with Crippen LogP contribution in [-0.4, -0.2) is 24.7 Å². The average Bonchev–Trinajstić information content (AvgIpc) is 2.81. The maximum Gasteiger partial charge on any atom is 0.246 e. The van der Waals surface area contributed by atoms with Crippen LogP contribution in [0.1, 0.15) is 122 Å². The van der Waals surface area contributed by atoms with Crippen LogP contribution in [0.25, 0.3) is 0 Å². The Morgan fingerprint density at radius 3 is 2.60 bits per heavy atom. The molecule has 0 aromatic heterocycles. The van der Waals surface area contributed by atoms with Crippen LogP contribution in [-0.2, 0) is 10.2 Å². The molecule has 0 saturated heterocycles. The van der Waals surface area contributed by atoms with Gasteiger partial charge in [-0.1, -0.05) is 65.4 Å². The molecular weight excluding hydrogens is 434 g/mol. The zero-order valence-electron chi connectivity index (χ0n) is 22.8. The van der Waals surface area contributed by atoms with E-state index in [1.165, 1.54) is 56.1 Å². The van der Waals surface area contributed by atoms with Gasteiger partial charge >= 0.3 is 0 Å². The number of benzene rings is 1. The third-order valence-electron chi connectivity index (χ3n) is 8.63. The van der Waals surface area contributed by atoms with Crippen molar-refractivity contribution in [1.82, 2.24) is 5.32 Å². The molecule has 1 aromatic carbocycles. The number of fused-ring (bicyclic) bond motifs is 1. The molecule has 194 valence electrons. The standard InChI is InChI=1S/C31H47NO3/c1-6-7-8-9-10-11-16-30(2,3)23-20-26-28-24-19-22(29(33)32-17-12-13-18-34-26)14-15-25(24)31(4,5)35-27(28)21-23/h14,20-21,24-25H,6-13,15-19H2,1-5H3,(H,32,33)/t24-,25-/m1/s1. The van der Waals surface area contributed by atoms with Crippen LogP contribution < -0.4 is 14.8 Å². The molecule has 4 nitrogen and oxygen atoms in total. The maximum atomic E-state index is 12.9. The SMILES string of the molecule is CCCCCCCCC(C)(C)c1cc2c3c(c1)OC(C)(C)[C@@H]1CC=C(C[C@@H]31)C(=O)NCCCCO2. The lowest BCUT2D eigenvalue weighted by Gasteiger charge is -2.47. The molecule has 1 aliphatic carbocycles. The second-order valence-corrected chi connectivity index (χ2v) is 12.2. The molecule has 0 spiro atoms. The molecule has 1 aromatic rings. The van der Waals surface area contributed by atoms with E-state index in [0.717, 1.165) is 42.8 Å². The number of allylic oxidation sites excluding steroid dienone is 1. The Hall–Kier alpha value is -1.97. The van der Waals surface area contributed by atoms with Gasteiger partial charge in [-0.2, -0.15) is 0 Å². The fraction of sp³-hybridized carbons (Fsp3) is 0.710. The van der Waals surface area contributed by atoms with Crippen molar-refractivity contribution in [2.75, 3.05) is 13.2 Å². The predicted octanol–water partition coefficient (Wildman–Crippen LogP) is 7.59. The van der Waals surface area contributed by atoms with Crippen molar-refractivity contribution in [2.45, 2.75) is 122 Å². The summed E-state index contributed by atoms with van der Waals surface area (Å²) in [5.41, 5.74) is 3.20. The highest BCUT2D eigenvalue weighted by atomic mass is 16.5. The van der Waals surface area contributed by atoms with Gasteiger partial charge in [-0.3, -0.25) is 4.79 Å². The van der Waals surface area contributed by atoms with Gasteiger partial charge in [0.25, 0.3) is 0 Å². The molecule has 0 fully saturated rings. The number of carbonyl (C=O) groups excluding carboxylic acids is 1. The van der Waals surface area contributed by atoms with E-state index in [1.807, 2.05) is 0 Å². The minimum atomic E-state index is -0.285. The van der Waals surface area contributed by atoms with Crippen molar-refractivity contribution in [1.29, 1.82) is 0 Å². The van der Waals surface area contributed by atoms with Gasteiger partial charge in [0.1, 0.15) is 17.1 Å². The minimum absolute atomic E-state index is 0.0607. The molecule has 1 N–H and O–H groups in total. The molecule has 3 aliphatic rings. The quantitative estimate of drug-likeness (QED) is 0.389. The number of nitrogens with one attached hydrogen (secondary N) is 1. The molecule has 0 radical (unpaired) electrons. The summed E-state index contributed by atoms with van der Waals surface area (Å²) in [5.74, 6) is 2.64. The van der Waals surface area contributed by atoms with Gasteiger partial charge in [0, 0.05) is 29.5 Å². The smallest absolute Gasteiger partial charge is 0.246 e. The number of rotatable bonds is 8. The Kier molecular flexibility index (Phi) is 8.18. The Morgan fingerprint density at radius 2 is 1.80 bits per heavy atom. The fourth-order valence-electron chi connectivity index (χ4n) is 6.29. The zero-order chi connectivity index (χ0) is 25.1. The first-order chi connectivity index (χ1) is 16.7. The van der Waals surface area contributed by atoms with E-state index in [9.17, 15) is 4.79 Å². The van der Waals surface area contributed by atoms with Gasteiger partial charge in [0.15, 0.2) is 0 Å². The van der Waals surface area contributed by atoms with Gasteiger partial charge in [-0.05, 0) is 69.1 Å². The van der Waals surface area contributed by atoms with Gasteiger partial charge in [0.2, 0.25) is 5.91 Å². The van der Waals surface area contributed by atoms with E-state index < -0.39 is 0 Å². The van der Waals surface area contributed by atoms with E-state index in [2.05, 4.69) is 58.1 Å². The monoisotopic (exact) mass is 481 g/mol. The summed E-state index contributed by atoms with van der Waals surface area (Å²) < 4.78 is 13.2. The summed E-state index contributed by atoms with van der Waals surface area (Å²) in [4.78, 5) is 12.9. The highest BCUT2D eigenvalue weighted by Crippen LogP contribution is 2.55. The number of carbonyl (C=O) groups is 1. The van der Waals surface area contributed by atoms with E-state index in [1.54, 1.807) is 0 Å². The van der Waals surface area contributed by atoms with Gasteiger partial charge in [-0.15, -0.1) is 0 Å². The van der Waals surface area contributed by atoms with E-state index in [0.29, 0.717) is 19.1 Å². The molecule has 4 rings (SSSR count). The molecule has 0 saturated carbocycles. The molecular formula is C31H47NO3. The Bertz CT molecular complexity index is 929. The molecule has 4 heteroatoms. The number of hydrogen-bond donors (Lipinski definition) is 1. The van der Waals surface area contributed by atoms with Crippen molar-refractivity contribution < 1.29 is 14.3 Å². The number of unbranched alkanes of at least 4 members (excludes halogenated alkanes) is 5. The van der Waals surface area contributed by atoms with Crippen molar-refractivity contribution in [3.05, 3.63) is 34.9 Å². The molecule has 35 heavy (non-hydrogen) atoms. The molecule has 2 atom stereocenters. The van der Waals surface area contributed by atoms with Crippen LogP contribution in [0.15, 0.2) is 23.8 Å². The maximum absolute atomic E-state index is 12.9. The zero-order valence-corrected chi connectivity index (χ0v) is 22.8. The minimum Gasteiger partial charge on any atom is -0.493 e. The van der Waals surface area contributed by atoms with E-state index in [-0.39, 0.29) is 22.8 Å². The molecule has 0 unspecified atom stereocenters. The first kappa shape index (κ1) is 26.1. The van der Waals surface area contributed by atoms with Crippen LogP contribution in [0, 0.1) is 5.92 Å². The summed E-state index contributed by atoms with van der Waals surface area (Å²) in [6.07, 6.45) is 14.7. The third kappa shape index (κ3) is 5.89. The summed E-state index contributed by atoms with van der Waals surface area (Å²) in [7, 11) is 0. The fourth-order valence-corrected chi connectivity index (χ4v) is 6.29. The second-order valence-electron chi connectivity index (χ2n) is 12.2. The van der Waals surface area contributed by atoms with E-state index in [4.69, 9.17) is 9.47 Å². The van der Waals surface area contributed by atoms with Gasteiger partial charge < -0.3 is 14.8 Å². The van der Waals surface area contributed by atoms with Gasteiger partial charge in [-0.25, -0.2) is 0 Å². The predicted molar refractivity (Wildman–Crippen MR) is 143 cm³/mol. The largest absolute Gasteiger partial charge is 0.493 e. The summed E-state index contributed by atoms with van der Waals surface area (Å²) in [6, 6.07) is 4.60. The molecule has 2 bridgehead atoms. The second kappa shape index (κ2) is 11.0. The molecule has 1 amide bonds. The van der Waals surface area contributed by atoms with Gasteiger partial charge in [0.05, 0.1) is 6.61 Å². The lowest BCUT2D eigenvalue weighted by molar-refractivity contribution is -0.118. The van der Waals surface area contributed by atoms with E-state index >= 15 is 0 Å². The highest BCUT2D eigenvalue weighted by Gasteiger charge is 2.47.